The molecule has 1 nitrogen and oxygen atoms in total. The lowest BCUT2D eigenvalue weighted by Gasteiger charge is -2.11. The highest BCUT2D eigenvalue weighted by atomic mass is 15.0. The zero-order valence-corrected chi connectivity index (χ0v) is 6.73. The van der Waals surface area contributed by atoms with Crippen LogP contribution in [0.5, 0.6) is 0 Å². The molecule has 0 unspecified atom stereocenters. The Morgan fingerprint density at radius 2 is 2.00 bits per heavy atom. The standard InChI is InChI=1S/C10H17N/c1-8(2)7-11-9(3)5-6-10(11)4/h5-6,8H,7H2,1-4H3/i3D3,4D3,5D,6D. The second-order valence-electron chi connectivity index (χ2n) is 2.95. The molecule has 0 aliphatic heterocycles. The van der Waals surface area contributed by atoms with Crippen LogP contribution < -0.4 is 0 Å². The van der Waals surface area contributed by atoms with Crippen LogP contribution in [0.15, 0.2) is 12.1 Å². The second kappa shape index (κ2) is 3.12. The van der Waals surface area contributed by atoms with Crippen LogP contribution in [0, 0.1) is 19.6 Å². The van der Waals surface area contributed by atoms with Gasteiger partial charge in [0.25, 0.3) is 0 Å². The van der Waals surface area contributed by atoms with Crippen LogP contribution in [0.4, 0.5) is 0 Å². The van der Waals surface area contributed by atoms with Crippen molar-refractivity contribution < 1.29 is 11.0 Å². The van der Waals surface area contributed by atoms with Crippen molar-refractivity contribution in [2.45, 2.75) is 34.1 Å². The molecule has 1 aromatic heterocycles. The summed E-state index contributed by atoms with van der Waals surface area (Å²) in [6.45, 7) is -1.41. The molecule has 0 N–H and O–H groups in total. The van der Waals surface area contributed by atoms with E-state index in [1.165, 1.54) is 0 Å². The van der Waals surface area contributed by atoms with E-state index >= 15 is 0 Å². The molecule has 0 fully saturated rings. The third-order valence-electron chi connectivity index (χ3n) is 1.39. The van der Waals surface area contributed by atoms with Crippen LogP contribution in [0.25, 0.3) is 0 Å². The van der Waals surface area contributed by atoms with Crippen LogP contribution >= 0.6 is 0 Å². The summed E-state index contributed by atoms with van der Waals surface area (Å²) >= 11 is 0. The largest absolute Gasteiger partial charge is 0.349 e. The van der Waals surface area contributed by atoms with Crippen molar-refractivity contribution in [3.8, 4) is 0 Å². The fraction of sp³-hybridized carbons (Fsp3) is 0.600. The first-order valence-corrected chi connectivity index (χ1v) is 3.58. The summed E-state index contributed by atoms with van der Waals surface area (Å²) in [6, 6.07) is -1.04. The van der Waals surface area contributed by atoms with Gasteiger partial charge >= 0.3 is 0 Å². The Hall–Kier alpha value is -0.720. The average Bonchev–Trinajstić information content (AvgIpc) is 2.35. The summed E-state index contributed by atoms with van der Waals surface area (Å²) in [4.78, 5) is 0. The van der Waals surface area contributed by atoms with E-state index in [2.05, 4.69) is 0 Å². The van der Waals surface area contributed by atoms with Crippen molar-refractivity contribution in [2.75, 3.05) is 0 Å². The normalized spacial score (nSPS) is 23.9. The van der Waals surface area contributed by atoms with Crippen molar-refractivity contribution in [3.05, 3.63) is 23.5 Å². The molecule has 0 bridgehead atoms. The molecule has 0 atom stereocenters. The first-order chi connectivity index (χ1) is 8.37. The molecule has 1 heteroatoms. The second-order valence-corrected chi connectivity index (χ2v) is 2.95. The van der Waals surface area contributed by atoms with Gasteiger partial charge in [-0.05, 0) is 31.7 Å². The molecule has 0 amide bonds. The summed E-state index contributed by atoms with van der Waals surface area (Å²) in [7, 11) is 0. The van der Waals surface area contributed by atoms with E-state index in [9.17, 15) is 0 Å². The molecule has 0 radical (unpaired) electrons. The van der Waals surface area contributed by atoms with Crippen molar-refractivity contribution in [3.63, 3.8) is 0 Å². The van der Waals surface area contributed by atoms with E-state index in [-0.39, 0.29) is 23.9 Å². The van der Waals surface area contributed by atoms with Crippen molar-refractivity contribution in [1.29, 1.82) is 0 Å². The maximum atomic E-state index is 7.72. The SMILES string of the molecule is [2H]c1c([2H])c(C([2H])([2H])[2H])n(CC(C)C)c1C([2H])([2H])[2H]. The minimum Gasteiger partial charge on any atom is -0.349 e. The topological polar surface area (TPSA) is 4.93 Å². The fourth-order valence-electron chi connectivity index (χ4n) is 0.913. The minimum atomic E-state index is -2.61. The van der Waals surface area contributed by atoms with E-state index in [0.29, 0.717) is 0 Å². The number of hydrogen-bond donors (Lipinski definition) is 0. The minimum absolute atomic E-state index is 0.00778. The van der Waals surface area contributed by atoms with Crippen molar-refractivity contribution >= 4 is 0 Å². The highest BCUT2D eigenvalue weighted by Gasteiger charge is 2.01. The van der Waals surface area contributed by atoms with Gasteiger partial charge in [0.1, 0.15) is 0 Å². The summed E-state index contributed by atoms with van der Waals surface area (Å²) in [5, 5.41) is 0. The average molecular weight is 159 g/mol. The van der Waals surface area contributed by atoms with E-state index in [4.69, 9.17) is 11.0 Å². The van der Waals surface area contributed by atoms with Gasteiger partial charge in [0, 0.05) is 26.2 Å². The van der Waals surface area contributed by atoms with Gasteiger partial charge in [0.15, 0.2) is 0 Å². The van der Waals surface area contributed by atoms with Gasteiger partial charge in [-0.15, -0.1) is 0 Å². The monoisotopic (exact) mass is 159 g/mol. The molecular formula is C10H17N. The first-order valence-electron chi connectivity index (χ1n) is 7.58. The summed E-state index contributed by atoms with van der Waals surface area (Å²) in [6.07, 6.45) is 0. The smallest absolute Gasteiger partial charge is 0.0642 e. The van der Waals surface area contributed by atoms with Gasteiger partial charge in [0.05, 0.1) is 2.74 Å². The maximum absolute atomic E-state index is 7.72. The Morgan fingerprint density at radius 1 is 1.45 bits per heavy atom. The van der Waals surface area contributed by atoms with Gasteiger partial charge in [-0.2, -0.15) is 0 Å². The first kappa shape index (κ1) is 2.65. The highest BCUT2D eigenvalue weighted by molar-refractivity contribution is 5.13. The Bertz CT molecular complexity index is 428. The Balaban J connectivity index is 3.65. The Morgan fingerprint density at radius 3 is 2.36 bits per heavy atom. The lowest BCUT2D eigenvalue weighted by Crippen LogP contribution is -2.07. The van der Waals surface area contributed by atoms with Crippen LogP contribution in [0.1, 0.15) is 36.2 Å². The zero-order chi connectivity index (χ0) is 15.2. The molecule has 1 heterocycles. The third-order valence-corrected chi connectivity index (χ3v) is 1.39. The molecule has 0 saturated carbocycles. The molecule has 0 saturated heterocycles. The lowest BCUT2D eigenvalue weighted by molar-refractivity contribution is 0.509. The Labute approximate surface area is 80.3 Å². The molecule has 0 spiro atoms. The molecule has 62 valence electrons. The highest BCUT2D eigenvalue weighted by Crippen LogP contribution is 2.09. The number of rotatable bonds is 2. The van der Waals surface area contributed by atoms with E-state index in [1.54, 1.807) is 0 Å². The van der Waals surface area contributed by atoms with Crippen molar-refractivity contribution in [2.24, 2.45) is 5.92 Å². The number of hydrogen-bond acceptors (Lipinski definition) is 0. The molecule has 1 aromatic rings. The van der Waals surface area contributed by atoms with Gasteiger partial charge in [-0.1, -0.05) is 13.8 Å². The zero-order valence-electron chi connectivity index (χ0n) is 14.7. The summed E-state index contributed by atoms with van der Waals surface area (Å²) in [5.74, 6) is 0.00778. The van der Waals surface area contributed by atoms with Gasteiger partial charge in [-0.25, -0.2) is 0 Å². The molecular weight excluding hydrogens is 134 g/mol. The number of aromatic nitrogens is 1. The third kappa shape index (κ3) is 1.86. The predicted molar refractivity (Wildman–Crippen MR) is 48.7 cm³/mol. The van der Waals surface area contributed by atoms with E-state index in [1.807, 2.05) is 13.8 Å². The number of nitrogens with zero attached hydrogens (tertiary/aromatic N) is 1. The van der Waals surface area contributed by atoms with Gasteiger partial charge < -0.3 is 4.57 Å². The fourth-order valence-corrected chi connectivity index (χ4v) is 0.913. The summed E-state index contributed by atoms with van der Waals surface area (Å²) < 4.78 is 61.2. The quantitative estimate of drug-likeness (QED) is 0.625. The van der Waals surface area contributed by atoms with Crippen LogP contribution in [0.2, 0.25) is 0 Å². The maximum Gasteiger partial charge on any atom is 0.0642 e. The molecule has 0 aromatic carbocycles. The molecule has 0 aliphatic rings. The Kier molecular flexibility index (Phi) is 0.751. The molecule has 1 rings (SSSR count). The molecule has 0 aliphatic carbocycles. The molecule has 11 heavy (non-hydrogen) atoms. The van der Waals surface area contributed by atoms with Gasteiger partial charge in [-0.3, -0.25) is 0 Å². The summed E-state index contributed by atoms with van der Waals surface area (Å²) in [5.41, 5.74) is -0.727. The van der Waals surface area contributed by atoms with Crippen LogP contribution in [-0.2, 0) is 6.54 Å². The van der Waals surface area contributed by atoms with Crippen LogP contribution in [0.3, 0.4) is 0 Å². The predicted octanol–water partition coefficient (Wildman–Crippen LogP) is 2.76. The van der Waals surface area contributed by atoms with Crippen molar-refractivity contribution in [1.82, 2.24) is 4.57 Å². The van der Waals surface area contributed by atoms with Gasteiger partial charge in [0.2, 0.25) is 0 Å². The lowest BCUT2D eigenvalue weighted by atomic mass is 10.2. The van der Waals surface area contributed by atoms with E-state index < -0.39 is 25.8 Å². The van der Waals surface area contributed by atoms with E-state index in [0.717, 1.165) is 4.57 Å². The van der Waals surface area contributed by atoms with Crippen LogP contribution in [-0.4, -0.2) is 4.57 Å².